The van der Waals surface area contributed by atoms with E-state index in [0.717, 1.165) is 0 Å². The molecule has 1 saturated heterocycles. The monoisotopic (exact) mass is 778 g/mol. The van der Waals surface area contributed by atoms with E-state index >= 15 is 0 Å². The molecule has 55 heavy (non-hydrogen) atoms. The van der Waals surface area contributed by atoms with Gasteiger partial charge in [-0.15, -0.1) is 0 Å². The summed E-state index contributed by atoms with van der Waals surface area (Å²) < 4.78 is 0. The number of primary amides is 2. The lowest BCUT2D eigenvalue weighted by Gasteiger charge is -2.26. The molecule has 0 spiro atoms. The molecule has 0 radical (unpaired) electrons. The van der Waals surface area contributed by atoms with Crippen LogP contribution in [0.1, 0.15) is 44.1 Å². The van der Waals surface area contributed by atoms with Crippen LogP contribution in [0.2, 0.25) is 0 Å². The Hall–Kier alpha value is -5.23. The SMILES string of the molecule is NC(=O)C[C@H](NN[C@H](C=O)CO)C(=O)NC1CCCCNC(=O)CCC(C(N)=O)NN[C@@H](Cc2ccccc2)C(=O)C(=O)[C@H](CO)NC(=O)[C@H](CO)NC1=O. The van der Waals surface area contributed by atoms with Crippen LogP contribution in [0.25, 0.3) is 0 Å². The summed E-state index contributed by atoms with van der Waals surface area (Å²) in [7, 11) is 0. The van der Waals surface area contributed by atoms with Crippen molar-refractivity contribution in [2.75, 3.05) is 26.4 Å². The van der Waals surface area contributed by atoms with Gasteiger partial charge >= 0.3 is 0 Å². The third-order valence-corrected chi connectivity index (χ3v) is 8.31. The van der Waals surface area contributed by atoms with E-state index in [2.05, 4.69) is 43.0 Å². The summed E-state index contributed by atoms with van der Waals surface area (Å²) in [5.74, 6) is -7.88. The zero-order valence-corrected chi connectivity index (χ0v) is 30.0. The van der Waals surface area contributed by atoms with Crippen molar-refractivity contribution in [2.45, 2.75) is 87.2 Å². The second-order valence-electron chi connectivity index (χ2n) is 12.6. The molecule has 0 saturated carbocycles. The molecule has 7 atom stereocenters. The van der Waals surface area contributed by atoms with Gasteiger partial charge in [0.1, 0.15) is 36.5 Å². The van der Waals surface area contributed by atoms with Gasteiger partial charge in [-0.2, -0.15) is 0 Å². The second-order valence-corrected chi connectivity index (χ2v) is 12.6. The van der Waals surface area contributed by atoms with Crippen molar-refractivity contribution >= 4 is 53.3 Å². The van der Waals surface area contributed by atoms with Gasteiger partial charge in [-0.25, -0.2) is 21.7 Å². The number of ketones is 2. The molecule has 304 valence electrons. The molecule has 22 nitrogen and oxygen atoms in total. The lowest BCUT2D eigenvalue weighted by molar-refractivity contribution is -0.141. The number of aliphatic hydroxyl groups is 3. The summed E-state index contributed by atoms with van der Waals surface area (Å²) in [4.78, 5) is 115. The molecule has 22 heteroatoms. The number of rotatable bonds is 14. The van der Waals surface area contributed by atoms with E-state index in [9.17, 15) is 58.5 Å². The van der Waals surface area contributed by atoms with Crippen LogP contribution in [-0.4, -0.2) is 137 Å². The van der Waals surface area contributed by atoms with Crippen molar-refractivity contribution in [2.24, 2.45) is 11.5 Å². The highest BCUT2D eigenvalue weighted by atomic mass is 16.3. The van der Waals surface area contributed by atoms with Crippen LogP contribution >= 0.6 is 0 Å². The van der Waals surface area contributed by atoms with Gasteiger partial charge in [0.15, 0.2) is 0 Å². The average Bonchev–Trinajstić information content (AvgIpc) is 3.16. The van der Waals surface area contributed by atoms with Crippen LogP contribution in [0, 0.1) is 0 Å². The Bertz CT molecular complexity index is 1500. The number of benzene rings is 1. The lowest BCUT2D eigenvalue weighted by Crippen LogP contribution is -2.61. The van der Waals surface area contributed by atoms with E-state index in [1.165, 1.54) is 0 Å². The van der Waals surface area contributed by atoms with E-state index in [1.807, 2.05) is 0 Å². The minimum atomic E-state index is -1.85. The van der Waals surface area contributed by atoms with Gasteiger partial charge in [0.25, 0.3) is 0 Å². The molecule has 0 aliphatic carbocycles. The van der Waals surface area contributed by atoms with Crippen molar-refractivity contribution in [3.05, 3.63) is 35.9 Å². The number of hydrogen-bond donors (Lipinski definition) is 13. The van der Waals surface area contributed by atoms with Gasteiger partial charge < -0.3 is 52.8 Å². The van der Waals surface area contributed by atoms with E-state index in [-0.39, 0.29) is 45.1 Å². The summed E-state index contributed by atoms with van der Waals surface area (Å²) >= 11 is 0. The Balaban J connectivity index is 2.40. The molecular formula is C33H50N10O12. The molecule has 2 rings (SSSR count). The summed E-state index contributed by atoms with van der Waals surface area (Å²) in [5.41, 5.74) is 21.4. The zero-order valence-electron chi connectivity index (χ0n) is 30.0. The number of nitrogens with two attached hydrogens (primary N) is 2. The highest BCUT2D eigenvalue weighted by Crippen LogP contribution is 2.08. The fourth-order valence-electron chi connectivity index (χ4n) is 5.17. The highest BCUT2D eigenvalue weighted by Gasteiger charge is 2.35. The molecule has 0 aromatic heterocycles. The fourth-order valence-corrected chi connectivity index (χ4v) is 5.17. The molecule has 15 N–H and O–H groups in total. The topological polar surface area (TPSA) is 363 Å². The minimum Gasteiger partial charge on any atom is -0.394 e. The van der Waals surface area contributed by atoms with Gasteiger partial charge in [-0.05, 0) is 37.7 Å². The maximum Gasteiger partial charge on any atom is 0.245 e. The largest absolute Gasteiger partial charge is 0.394 e. The van der Waals surface area contributed by atoms with E-state index in [0.29, 0.717) is 11.8 Å². The van der Waals surface area contributed by atoms with Crippen molar-refractivity contribution in [3.63, 3.8) is 0 Å². The molecule has 1 heterocycles. The Kier molecular flexibility index (Phi) is 20.2. The second kappa shape index (κ2) is 24.2. The first kappa shape index (κ1) is 45.9. The molecule has 6 amide bonds. The maximum absolute atomic E-state index is 13.5. The molecule has 0 bridgehead atoms. The first-order valence-corrected chi connectivity index (χ1v) is 17.4. The van der Waals surface area contributed by atoms with Crippen LogP contribution in [0.3, 0.4) is 0 Å². The minimum absolute atomic E-state index is 0.0953. The van der Waals surface area contributed by atoms with Gasteiger partial charge in [-0.3, -0.25) is 38.4 Å². The summed E-state index contributed by atoms with van der Waals surface area (Å²) in [6.07, 6.45) is -0.393. The molecule has 1 aliphatic rings. The van der Waals surface area contributed by atoms with Crippen molar-refractivity contribution in [1.29, 1.82) is 0 Å². The van der Waals surface area contributed by atoms with Crippen molar-refractivity contribution in [3.8, 4) is 0 Å². The van der Waals surface area contributed by atoms with Crippen LogP contribution in [0.5, 0.6) is 0 Å². The zero-order chi connectivity index (χ0) is 40.9. The first-order valence-electron chi connectivity index (χ1n) is 17.4. The number of aldehydes is 1. The van der Waals surface area contributed by atoms with E-state index in [4.69, 9.17) is 11.5 Å². The molecule has 1 aromatic carbocycles. The molecule has 1 fully saturated rings. The predicted octanol–water partition coefficient (Wildman–Crippen LogP) is -6.90. The van der Waals surface area contributed by atoms with Crippen LogP contribution in [0.4, 0.5) is 0 Å². The number of hydrazine groups is 2. The number of Topliss-reactive ketones (excluding diaryl/α,β-unsaturated/α-hetero) is 2. The summed E-state index contributed by atoms with van der Waals surface area (Å²) in [6, 6.07) is -1.86. The number of carbonyl (C=O) groups is 9. The van der Waals surface area contributed by atoms with E-state index in [1.54, 1.807) is 30.3 Å². The average molecular weight is 779 g/mol. The predicted molar refractivity (Wildman–Crippen MR) is 190 cm³/mol. The lowest BCUT2D eigenvalue weighted by atomic mass is 9.97. The normalized spacial score (nSPS) is 23.8. The van der Waals surface area contributed by atoms with Gasteiger partial charge in [0, 0.05) is 13.0 Å². The third kappa shape index (κ3) is 16.0. The first-order chi connectivity index (χ1) is 26.2. The molecule has 2 unspecified atom stereocenters. The van der Waals surface area contributed by atoms with Gasteiger partial charge in [0.2, 0.25) is 47.0 Å². The van der Waals surface area contributed by atoms with Crippen LogP contribution < -0.4 is 54.4 Å². The van der Waals surface area contributed by atoms with Crippen molar-refractivity contribution in [1.82, 2.24) is 43.0 Å². The maximum atomic E-state index is 13.5. The Labute approximate surface area is 315 Å². The third-order valence-electron chi connectivity index (χ3n) is 8.31. The van der Waals surface area contributed by atoms with Gasteiger partial charge in [-0.1, -0.05) is 30.3 Å². The number of hydrogen-bond acceptors (Lipinski definition) is 16. The smallest absolute Gasteiger partial charge is 0.245 e. The Morgan fingerprint density at radius 3 is 2.09 bits per heavy atom. The standard InChI is InChI=1S/C33H50N10O12/c34-26(48)13-23(43-40-19(14-44)15-45)32(54)37-21-8-4-5-11-36-27(49)10-9-20(30(35)52)41-42-22(12-18-6-2-1-3-7-18)28(50)29(51)24(16-46)38-33(55)25(17-47)39-31(21)53/h1-3,6-7,14,19-25,40-43,45-47H,4-5,8-13,15-17H2,(H2,34,48)(H2,35,52)(H,36,49)(H,37,54)(H,38,55)(H,39,53)/t19-,20?,21?,22+,23+,24+,25+/m1/s1. The van der Waals surface area contributed by atoms with Crippen LogP contribution in [0.15, 0.2) is 30.3 Å². The Morgan fingerprint density at radius 1 is 0.836 bits per heavy atom. The van der Waals surface area contributed by atoms with Crippen molar-refractivity contribution < 1.29 is 58.5 Å². The summed E-state index contributed by atoms with van der Waals surface area (Å²) in [5, 5.41) is 38.8. The molecule has 1 aromatic rings. The number of nitrogens with one attached hydrogen (secondary N) is 8. The quantitative estimate of drug-likeness (QED) is 0.0474. The van der Waals surface area contributed by atoms with E-state index < -0.39 is 116 Å². The molecular weight excluding hydrogens is 728 g/mol. The summed E-state index contributed by atoms with van der Waals surface area (Å²) in [6.45, 7) is -2.68. The number of aliphatic hydroxyl groups excluding tert-OH is 3. The number of carbonyl (C=O) groups excluding carboxylic acids is 9. The van der Waals surface area contributed by atoms with Crippen LogP contribution in [-0.2, 0) is 49.6 Å². The van der Waals surface area contributed by atoms with Gasteiger partial charge in [0.05, 0.1) is 38.3 Å². The molecule has 1 aliphatic heterocycles. The number of amides is 6. The Morgan fingerprint density at radius 2 is 1.49 bits per heavy atom. The highest BCUT2D eigenvalue weighted by molar-refractivity contribution is 6.41. The fraction of sp³-hybridized carbons (Fsp3) is 0.545.